The highest BCUT2D eigenvalue weighted by molar-refractivity contribution is 6.76. The van der Waals surface area contributed by atoms with Crippen LogP contribution in [0.3, 0.4) is 0 Å². The highest BCUT2D eigenvalue weighted by Gasteiger charge is 2.22. The van der Waals surface area contributed by atoms with Crippen LogP contribution in [0.4, 0.5) is 16.2 Å². The molecule has 0 saturated carbocycles. The maximum absolute atomic E-state index is 12.9. The quantitative estimate of drug-likeness (QED) is 0.0985. The van der Waals surface area contributed by atoms with Gasteiger partial charge >= 0.3 is 6.09 Å². The third-order valence-corrected chi connectivity index (χ3v) is 9.40. The Balaban J connectivity index is 1.66. The number of halogens is 1. The van der Waals surface area contributed by atoms with Crippen LogP contribution < -0.4 is 16.0 Å². The summed E-state index contributed by atoms with van der Waals surface area (Å²) in [4.78, 5) is 29.8. The first-order chi connectivity index (χ1) is 21.5. The number of amides is 2. The molecule has 3 aromatic rings. The van der Waals surface area contributed by atoms with Crippen molar-refractivity contribution in [3.8, 4) is 11.3 Å². The SMILES string of the molecule is COC(=O)Nc1ccc2c(c1)NC(=O)CC/C=C\C[C@H](NCCC(O)c1cccc(Cl)c1)c1nc-2cn1COCC[Si](C)(C)C. The lowest BCUT2D eigenvalue weighted by atomic mass is 10.1. The van der Waals surface area contributed by atoms with E-state index < -0.39 is 20.3 Å². The van der Waals surface area contributed by atoms with Crippen molar-refractivity contribution in [3.63, 3.8) is 0 Å². The van der Waals surface area contributed by atoms with Gasteiger partial charge in [0.15, 0.2) is 0 Å². The summed E-state index contributed by atoms with van der Waals surface area (Å²) in [5, 5.41) is 20.7. The fourth-order valence-electron chi connectivity index (χ4n) is 4.93. The van der Waals surface area contributed by atoms with Crippen LogP contribution in [-0.2, 0) is 21.0 Å². The average molecular weight is 654 g/mol. The van der Waals surface area contributed by atoms with Crippen LogP contribution in [0, 0.1) is 0 Å². The molecule has 1 aliphatic heterocycles. The summed E-state index contributed by atoms with van der Waals surface area (Å²) in [5.74, 6) is 0.641. The van der Waals surface area contributed by atoms with Crippen molar-refractivity contribution in [1.82, 2.24) is 14.9 Å². The van der Waals surface area contributed by atoms with E-state index in [1.165, 1.54) is 7.11 Å². The number of allylic oxidation sites excluding steroid dienone is 1. The van der Waals surface area contributed by atoms with Crippen molar-refractivity contribution in [2.75, 3.05) is 30.9 Å². The Kier molecular flexibility index (Phi) is 12.4. The van der Waals surface area contributed by atoms with Gasteiger partial charge in [0.1, 0.15) is 12.6 Å². The van der Waals surface area contributed by atoms with Crippen LogP contribution in [0.25, 0.3) is 11.3 Å². The van der Waals surface area contributed by atoms with Crippen molar-refractivity contribution in [2.24, 2.45) is 0 Å². The normalized spacial score (nSPS) is 16.8. The van der Waals surface area contributed by atoms with Gasteiger partial charge in [0.05, 0.1) is 30.6 Å². The van der Waals surface area contributed by atoms with Crippen molar-refractivity contribution >= 4 is 43.1 Å². The fraction of sp³-hybridized carbons (Fsp3) is 0.424. The molecule has 0 saturated heterocycles. The third kappa shape index (κ3) is 10.5. The highest BCUT2D eigenvalue weighted by Crippen LogP contribution is 2.33. The van der Waals surface area contributed by atoms with Gasteiger partial charge in [-0.25, -0.2) is 9.78 Å². The number of rotatable bonds is 11. The molecule has 2 atom stereocenters. The molecule has 1 unspecified atom stereocenters. The molecule has 2 heterocycles. The number of carbonyl (C=O) groups is 2. The van der Waals surface area contributed by atoms with E-state index in [9.17, 15) is 14.7 Å². The van der Waals surface area contributed by atoms with Crippen molar-refractivity contribution in [1.29, 1.82) is 0 Å². The number of nitrogens with zero attached hydrogens (tertiary/aromatic N) is 2. The summed E-state index contributed by atoms with van der Waals surface area (Å²) < 4.78 is 12.9. The zero-order valence-electron chi connectivity index (χ0n) is 26.4. The number of methoxy groups -OCH3 is 1. The molecule has 242 valence electrons. The summed E-state index contributed by atoms with van der Waals surface area (Å²) >= 11 is 6.14. The molecule has 2 amide bonds. The zero-order valence-corrected chi connectivity index (χ0v) is 28.2. The lowest BCUT2D eigenvalue weighted by Crippen LogP contribution is -2.27. The third-order valence-electron chi connectivity index (χ3n) is 7.47. The van der Waals surface area contributed by atoms with E-state index >= 15 is 0 Å². The minimum absolute atomic E-state index is 0.144. The number of imidazole rings is 1. The average Bonchev–Trinajstić information content (AvgIpc) is 3.41. The van der Waals surface area contributed by atoms with Gasteiger partial charge in [0, 0.05) is 43.6 Å². The van der Waals surface area contributed by atoms with Crippen molar-refractivity contribution in [2.45, 2.75) is 70.2 Å². The first-order valence-electron chi connectivity index (χ1n) is 15.3. The van der Waals surface area contributed by atoms with E-state index in [2.05, 4.69) is 41.7 Å². The first-order valence-corrected chi connectivity index (χ1v) is 19.4. The molecule has 0 aliphatic carbocycles. The maximum Gasteiger partial charge on any atom is 0.411 e. The van der Waals surface area contributed by atoms with Gasteiger partial charge in [0.25, 0.3) is 0 Å². The Morgan fingerprint density at radius 2 is 2.04 bits per heavy atom. The zero-order chi connectivity index (χ0) is 32.4. The summed E-state index contributed by atoms with van der Waals surface area (Å²) in [6.45, 7) is 8.47. The lowest BCUT2D eigenvalue weighted by molar-refractivity contribution is -0.116. The Morgan fingerprint density at radius 3 is 2.80 bits per heavy atom. The smallest absolute Gasteiger partial charge is 0.411 e. The van der Waals surface area contributed by atoms with Crippen LogP contribution in [0.5, 0.6) is 0 Å². The molecule has 0 spiro atoms. The van der Waals surface area contributed by atoms with Gasteiger partial charge < -0.3 is 29.8 Å². The largest absolute Gasteiger partial charge is 0.453 e. The Labute approximate surface area is 271 Å². The van der Waals surface area contributed by atoms with Crippen molar-refractivity contribution < 1.29 is 24.2 Å². The van der Waals surface area contributed by atoms with Crippen molar-refractivity contribution in [3.05, 3.63) is 77.2 Å². The molecule has 4 N–H and O–H groups in total. The van der Waals surface area contributed by atoms with E-state index in [4.69, 9.17) is 26.1 Å². The molecule has 0 fully saturated rings. The Morgan fingerprint density at radius 1 is 1.22 bits per heavy atom. The summed E-state index contributed by atoms with van der Waals surface area (Å²) in [7, 11) is 0.0203. The molecular weight excluding hydrogens is 610 g/mol. The van der Waals surface area contributed by atoms with E-state index in [-0.39, 0.29) is 11.9 Å². The van der Waals surface area contributed by atoms with Gasteiger partial charge in [-0.05, 0) is 67.7 Å². The number of carbonyl (C=O) groups excluding carboxylic acids is 2. The molecular formula is C33H44ClN5O5Si. The van der Waals surface area contributed by atoms with Gasteiger partial charge in [-0.1, -0.05) is 55.5 Å². The van der Waals surface area contributed by atoms with Gasteiger partial charge in [-0.3, -0.25) is 10.1 Å². The predicted octanol–water partition coefficient (Wildman–Crippen LogP) is 7.13. The number of aromatic nitrogens is 2. The maximum atomic E-state index is 12.9. The number of hydrogen-bond acceptors (Lipinski definition) is 7. The van der Waals surface area contributed by atoms with Crippen LogP contribution in [0.1, 0.15) is 49.2 Å². The number of aliphatic hydroxyl groups is 1. The molecule has 1 aliphatic rings. The summed E-state index contributed by atoms with van der Waals surface area (Å²) in [6, 6.07) is 13.4. The number of ether oxygens (including phenoxy) is 2. The fourth-order valence-corrected chi connectivity index (χ4v) is 5.89. The van der Waals surface area contributed by atoms with Crippen LogP contribution in [0.2, 0.25) is 30.7 Å². The van der Waals surface area contributed by atoms with Crippen LogP contribution >= 0.6 is 11.6 Å². The molecule has 0 radical (unpaired) electrons. The predicted molar refractivity (Wildman–Crippen MR) is 181 cm³/mol. The molecule has 1 aromatic heterocycles. The second-order valence-corrected chi connectivity index (χ2v) is 18.4. The number of aliphatic hydroxyl groups excluding tert-OH is 1. The highest BCUT2D eigenvalue weighted by atomic mass is 35.5. The molecule has 45 heavy (non-hydrogen) atoms. The summed E-state index contributed by atoms with van der Waals surface area (Å²) in [5.41, 5.74) is 3.16. The minimum Gasteiger partial charge on any atom is -0.453 e. The molecule has 12 heteroatoms. The number of fused-ring (bicyclic) bond motifs is 4. The monoisotopic (exact) mass is 653 g/mol. The second kappa shape index (κ2) is 16.2. The number of benzene rings is 2. The van der Waals surface area contributed by atoms with E-state index in [0.717, 1.165) is 17.4 Å². The van der Waals surface area contributed by atoms with E-state index in [1.807, 2.05) is 35.0 Å². The van der Waals surface area contributed by atoms with E-state index in [1.54, 1.807) is 24.3 Å². The first kappa shape index (κ1) is 34.4. The molecule has 10 nitrogen and oxygen atoms in total. The minimum atomic E-state index is -1.28. The molecule has 2 bridgehead atoms. The van der Waals surface area contributed by atoms with Gasteiger partial charge in [-0.2, -0.15) is 0 Å². The molecule has 4 rings (SSSR count). The topological polar surface area (TPSA) is 127 Å². The van der Waals surface area contributed by atoms with Crippen LogP contribution in [-0.4, -0.2) is 55.0 Å². The van der Waals surface area contributed by atoms with Gasteiger partial charge in [-0.15, -0.1) is 0 Å². The Bertz CT molecular complexity index is 1490. The molecule has 2 aromatic carbocycles. The van der Waals surface area contributed by atoms with Crippen LogP contribution in [0.15, 0.2) is 60.8 Å². The number of anilines is 2. The number of hydrogen-bond donors (Lipinski definition) is 4. The summed E-state index contributed by atoms with van der Waals surface area (Å²) in [6.07, 6.45) is 6.72. The number of nitrogens with one attached hydrogen (secondary N) is 3. The standard InChI is InChI=1S/C33H44ClN5O5Si/c1-43-33(42)36-25-13-14-26-28(20-25)37-31(41)12-7-5-6-11-27(35-16-15-30(40)23-9-8-10-24(34)19-23)32-38-29(26)21-39(32)22-44-17-18-45(2,3)4/h5-6,8-10,13-14,19-21,27,30,35,40H,7,11-12,15-18,22H2,1-4H3,(H,36,42)(H,37,41)/b6-5-/t27-,30?/m0/s1. The lowest BCUT2D eigenvalue weighted by Gasteiger charge is -2.21. The second-order valence-electron chi connectivity index (χ2n) is 12.3. The Hall–Kier alpha value is -3.48. The van der Waals surface area contributed by atoms with Gasteiger partial charge in [0.2, 0.25) is 5.91 Å². The van der Waals surface area contributed by atoms with E-state index in [0.29, 0.717) is 73.2 Å².